The lowest BCUT2D eigenvalue weighted by atomic mass is 10.0. The van der Waals surface area contributed by atoms with E-state index in [1.807, 2.05) is 31.2 Å². The van der Waals surface area contributed by atoms with E-state index in [4.69, 9.17) is 9.47 Å². The van der Waals surface area contributed by atoms with Crippen LogP contribution in [-0.2, 0) is 20.9 Å². The van der Waals surface area contributed by atoms with Gasteiger partial charge < -0.3 is 14.4 Å². The lowest BCUT2D eigenvalue weighted by molar-refractivity contribution is -0.144. The average Bonchev–Trinajstić information content (AvgIpc) is 2.64. The van der Waals surface area contributed by atoms with Crippen LogP contribution in [0.4, 0.5) is 0 Å². The number of rotatable bonds is 10. The van der Waals surface area contributed by atoms with Crippen molar-refractivity contribution in [3.63, 3.8) is 0 Å². The molecule has 0 radical (unpaired) electrons. The number of nitrogens with zero attached hydrogens (tertiary/aromatic N) is 1. The van der Waals surface area contributed by atoms with Gasteiger partial charge >= 0.3 is 5.97 Å². The summed E-state index contributed by atoms with van der Waals surface area (Å²) < 4.78 is 10.1. The molecule has 5 nitrogen and oxygen atoms in total. The van der Waals surface area contributed by atoms with Crippen LogP contribution in [0, 0.1) is 5.92 Å². The number of ether oxygens (including phenoxy) is 2. The molecule has 0 N–H and O–H groups in total. The van der Waals surface area contributed by atoms with E-state index < -0.39 is 5.97 Å². The van der Waals surface area contributed by atoms with Gasteiger partial charge in [-0.05, 0) is 37.0 Å². The fourth-order valence-corrected chi connectivity index (χ4v) is 2.30. The molecule has 0 aliphatic carbocycles. The molecule has 1 aromatic carbocycles. The van der Waals surface area contributed by atoms with Gasteiger partial charge in [-0.2, -0.15) is 0 Å². The van der Waals surface area contributed by atoms with Crippen LogP contribution in [0.15, 0.2) is 49.2 Å². The first-order chi connectivity index (χ1) is 12.0. The van der Waals surface area contributed by atoms with Crippen molar-refractivity contribution in [2.75, 3.05) is 13.7 Å². The molecular weight excluding hydrogens is 318 g/mol. The first kappa shape index (κ1) is 20.5. The van der Waals surface area contributed by atoms with E-state index in [9.17, 15) is 9.59 Å². The van der Waals surface area contributed by atoms with Gasteiger partial charge in [0.2, 0.25) is 5.91 Å². The summed E-state index contributed by atoms with van der Waals surface area (Å²) in [4.78, 5) is 26.2. The highest BCUT2D eigenvalue weighted by Crippen LogP contribution is 2.19. The van der Waals surface area contributed by atoms with Gasteiger partial charge in [-0.25, -0.2) is 4.79 Å². The highest BCUT2D eigenvalue weighted by Gasteiger charge is 2.24. The minimum atomic E-state index is -0.587. The summed E-state index contributed by atoms with van der Waals surface area (Å²) in [5.74, 6) is 0.0149. The topological polar surface area (TPSA) is 55.8 Å². The van der Waals surface area contributed by atoms with E-state index in [1.54, 1.807) is 20.1 Å². The van der Waals surface area contributed by atoms with Gasteiger partial charge in [0.25, 0.3) is 0 Å². The van der Waals surface area contributed by atoms with Crippen LogP contribution in [0.2, 0.25) is 0 Å². The Kier molecular flexibility index (Phi) is 8.47. The maximum Gasteiger partial charge on any atom is 0.354 e. The van der Waals surface area contributed by atoms with E-state index in [-0.39, 0.29) is 37.1 Å². The van der Waals surface area contributed by atoms with Crippen LogP contribution >= 0.6 is 0 Å². The molecule has 0 fully saturated rings. The number of hydrogen-bond donors (Lipinski definition) is 0. The van der Waals surface area contributed by atoms with Crippen molar-refractivity contribution in [1.29, 1.82) is 0 Å². The second kappa shape index (κ2) is 10.3. The molecule has 1 aromatic rings. The second-order valence-corrected chi connectivity index (χ2v) is 5.60. The highest BCUT2D eigenvalue weighted by molar-refractivity contribution is 5.93. The quantitative estimate of drug-likeness (QED) is 0.368. The summed E-state index contributed by atoms with van der Waals surface area (Å²) in [7, 11) is 1.59. The second-order valence-electron chi connectivity index (χ2n) is 5.60. The van der Waals surface area contributed by atoms with Crippen LogP contribution in [0.3, 0.4) is 0 Å². The van der Waals surface area contributed by atoms with Crippen molar-refractivity contribution in [2.45, 2.75) is 33.2 Å². The molecular formula is C20H27NO4. The molecule has 0 bridgehead atoms. The molecule has 1 rings (SSSR count). The van der Waals surface area contributed by atoms with Gasteiger partial charge in [0.15, 0.2) is 0 Å². The fraction of sp³-hybridized carbons (Fsp3) is 0.400. The molecule has 136 valence electrons. The number of benzene rings is 1. The third-order valence-electron chi connectivity index (χ3n) is 3.93. The van der Waals surface area contributed by atoms with Gasteiger partial charge in [-0.3, -0.25) is 4.79 Å². The van der Waals surface area contributed by atoms with E-state index in [2.05, 4.69) is 13.2 Å². The molecule has 0 spiro atoms. The lowest BCUT2D eigenvalue weighted by Gasteiger charge is -2.25. The van der Waals surface area contributed by atoms with E-state index in [0.717, 1.165) is 17.7 Å². The number of esters is 1. The molecule has 0 heterocycles. The maximum absolute atomic E-state index is 12.7. The zero-order valence-electron chi connectivity index (χ0n) is 15.3. The molecule has 0 aliphatic heterocycles. The standard InChI is InChI=1S/C20H27NO4/c1-6-16(7-2)13-19(22)21(15(4)20(23)25-8-3)14-17-9-11-18(24-5)12-10-17/h6,9-12,16H,1,4,7-8,13-14H2,2-3,5H3/t16-/m0/s1. The summed E-state index contributed by atoms with van der Waals surface area (Å²) in [6.45, 7) is 11.7. The predicted octanol–water partition coefficient (Wildman–Crippen LogP) is 3.70. The number of hydrogen-bond acceptors (Lipinski definition) is 4. The van der Waals surface area contributed by atoms with E-state index in [0.29, 0.717) is 0 Å². The third-order valence-corrected chi connectivity index (χ3v) is 3.93. The van der Waals surface area contributed by atoms with Crippen LogP contribution < -0.4 is 4.74 Å². The number of carbonyl (C=O) groups is 2. The predicted molar refractivity (Wildman–Crippen MR) is 97.9 cm³/mol. The van der Waals surface area contributed by atoms with Crippen LogP contribution in [0.5, 0.6) is 5.75 Å². The Balaban J connectivity index is 3.00. The van der Waals surface area contributed by atoms with Crippen LogP contribution in [-0.4, -0.2) is 30.5 Å². The van der Waals surface area contributed by atoms with Gasteiger partial charge in [0.1, 0.15) is 11.4 Å². The molecule has 0 saturated carbocycles. The number of amides is 1. The minimum Gasteiger partial charge on any atom is -0.497 e. The minimum absolute atomic E-state index is 0.0431. The van der Waals surface area contributed by atoms with Crippen molar-refractivity contribution < 1.29 is 19.1 Å². The Morgan fingerprint density at radius 3 is 2.36 bits per heavy atom. The number of allylic oxidation sites excluding steroid dienone is 1. The summed E-state index contributed by atoms with van der Waals surface area (Å²) in [6.07, 6.45) is 2.84. The summed E-state index contributed by atoms with van der Waals surface area (Å²) in [6, 6.07) is 7.32. The van der Waals surface area contributed by atoms with E-state index >= 15 is 0 Å². The Bertz CT molecular complexity index is 607. The fourth-order valence-electron chi connectivity index (χ4n) is 2.30. The van der Waals surface area contributed by atoms with Crippen molar-refractivity contribution in [2.24, 2.45) is 5.92 Å². The summed E-state index contributed by atoms with van der Waals surface area (Å²) in [5, 5.41) is 0. The number of methoxy groups -OCH3 is 1. The SMILES string of the molecule is C=C[C@@H](CC)CC(=O)N(Cc1ccc(OC)cc1)C(=C)C(=O)OCC. The molecule has 0 unspecified atom stereocenters. The van der Waals surface area contributed by atoms with E-state index in [1.165, 1.54) is 4.90 Å². The van der Waals surface area contributed by atoms with Gasteiger partial charge in [0.05, 0.1) is 20.3 Å². The molecule has 5 heteroatoms. The van der Waals surface area contributed by atoms with Crippen molar-refractivity contribution >= 4 is 11.9 Å². The molecule has 0 aliphatic rings. The Hall–Kier alpha value is -2.56. The molecule has 0 saturated heterocycles. The smallest absolute Gasteiger partial charge is 0.354 e. The Morgan fingerprint density at radius 1 is 1.24 bits per heavy atom. The monoisotopic (exact) mass is 345 g/mol. The van der Waals surface area contributed by atoms with Gasteiger partial charge in [-0.1, -0.05) is 31.7 Å². The number of carbonyl (C=O) groups excluding carboxylic acids is 2. The van der Waals surface area contributed by atoms with Crippen molar-refractivity contribution in [3.05, 3.63) is 54.8 Å². The zero-order valence-corrected chi connectivity index (χ0v) is 15.3. The first-order valence-corrected chi connectivity index (χ1v) is 8.38. The van der Waals surface area contributed by atoms with Crippen molar-refractivity contribution in [1.82, 2.24) is 4.90 Å². The maximum atomic E-state index is 12.7. The Morgan fingerprint density at radius 2 is 1.88 bits per heavy atom. The highest BCUT2D eigenvalue weighted by atomic mass is 16.5. The average molecular weight is 345 g/mol. The van der Waals surface area contributed by atoms with Gasteiger partial charge in [0, 0.05) is 6.42 Å². The molecule has 1 atom stereocenters. The lowest BCUT2D eigenvalue weighted by Crippen LogP contribution is -2.34. The first-order valence-electron chi connectivity index (χ1n) is 8.38. The summed E-state index contributed by atoms with van der Waals surface area (Å²) in [5.41, 5.74) is 0.910. The third kappa shape index (κ3) is 6.10. The van der Waals surface area contributed by atoms with Crippen molar-refractivity contribution in [3.8, 4) is 5.75 Å². The molecule has 0 aromatic heterocycles. The Labute approximate surface area is 149 Å². The summed E-state index contributed by atoms with van der Waals surface area (Å²) >= 11 is 0. The van der Waals surface area contributed by atoms with Crippen LogP contribution in [0.1, 0.15) is 32.3 Å². The molecule has 1 amide bonds. The van der Waals surface area contributed by atoms with Gasteiger partial charge in [-0.15, -0.1) is 6.58 Å². The normalized spacial score (nSPS) is 11.3. The van der Waals surface area contributed by atoms with Crippen LogP contribution in [0.25, 0.3) is 0 Å². The largest absolute Gasteiger partial charge is 0.497 e. The molecule has 25 heavy (non-hydrogen) atoms. The zero-order chi connectivity index (χ0) is 18.8.